The van der Waals surface area contributed by atoms with Crippen molar-refractivity contribution in [2.45, 2.75) is 19.3 Å². The van der Waals surface area contributed by atoms with Crippen LogP contribution >= 0.6 is 0 Å². The van der Waals surface area contributed by atoms with E-state index >= 15 is 0 Å². The monoisotopic (exact) mass is 280 g/mol. The fourth-order valence-corrected chi connectivity index (χ4v) is 3.06. The van der Waals surface area contributed by atoms with Gasteiger partial charge in [-0.3, -0.25) is 0 Å². The minimum atomic E-state index is 0.109. The summed E-state index contributed by atoms with van der Waals surface area (Å²) in [5, 5.41) is 0. The molecule has 2 nitrogen and oxygen atoms in total. The quantitative estimate of drug-likeness (QED) is 0.611. The zero-order valence-electron chi connectivity index (χ0n) is 8.81. The number of hydrogen-bond donors (Lipinski definition) is 0. The van der Waals surface area contributed by atoms with Crippen LogP contribution in [0.4, 0.5) is 0 Å². The van der Waals surface area contributed by atoms with Gasteiger partial charge in [-0.15, -0.1) is 0 Å². The van der Waals surface area contributed by atoms with Crippen LogP contribution in [0, 0.1) is 0 Å². The van der Waals surface area contributed by atoms with E-state index in [1.165, 1.54) is 0 Å². The van der Waals surface area contributed by atoms with Crippen LogP contribution < -0.4 is 0 Å². The number of hydrogen-bond acceptors (Lipinski definition) is 2. The SMILES string of the molecule is O=C(CCC(=O)c1ccc[se]1)C1=CC=CC1. The first-order chi connectivity index (χ1) is 7.77. The van der Waals surface area contributed by atoms with Crippen molar-refractivity contribution >= 4 is 26.1 Å². The van der Waals surface area contributed by atoms with E-state index in [0.717, 1.165) is 16.4 Å². The first kappa shape index (κ1) is 11.3. The fraction of sp³-hybridized carbons (Fsp3) is 0.231. The van der Waals surface area contributed by atoms with Gasteiger partial charge in [0.2, 0.25) is 0 Å². The minimum absolute atomic E-state index is 0.109. The van der Waals surface area contributed by atoms with E-state index in [9.17, 15) is 9.59 Å². The van der Waals surface area contributed by atoms with E-state index in [1.807, 2.05) is 35.3 Å². The molecule has 0 saturated carbocycles. The van der Waals surface area contributed by atoms with Gasteiger partial charge in [0.25, 0.3) is 0 Å². The molecule has 1 aliphatic carbocycles. The molecule has 16 heavy (non-hydrogen) atoms. The van der Waals surface area contributed by atoms with Gasteiger partial charge in [0.05, 0.1) is 0 Å². The standard InChI is InChI=1S/C13H12O2Se/c14-11(10-4-1-2-5-10)7-8-12(15)13-6-3-9-16-13/h1-4,6,9H,5,7-8H2. The normalized spacial score (nSPS) is 13.9. The van der Waals surface area contributed by atoms with Gasteiger partial charge in [-0.2, -0.15) is 0 Å². The molecule has 0 bridgehead atoms. The first-order valence-corrected chi connectivity index (χ1v) is 7.07. The van der Waals surface area contributed by atoms with Crippen molar-refractivity contribution in [2.75, 3.05) is 0 Å². The van der Waals surface area contributed by atoms with Crippen molar-refractivity contribution < 1.29 is 9.59 Å². The molecule has 2 rings (SSSR count). The summed E-state index contributed by atoms with van der Waals surface area (Å²) in [4.78, 5) is 25.4. The van der Waals surface area contributed by atoms with E-state index in [0.29, 0.717) is 12.8 Å². The van der Waals surface area contributed by atoms with Crippen LogP contribution in [-0.2, 0) is 4.79 Å². The van der Waals surface area contributed by atoms with Crippen LogP contribution in [0.25, 0.3) is 0 Å². The Kier molecular flexibility index (Phi) is 3.70. The van der Waals surface area contributed by atoms with Gasteiger partial charge in [0.15, 0.2) is 0 Å². The summed E-state index contributed by atoms with van der Waals surface area (Å²) in [6.07, 6.45) is 7.11. The van der Waals surface area contributed by atoms with E-state index in [-0.39, 0.29) is 26.1 Å². The fourth-order valence-electron chi connectivity index (χ4n) is 1.60. The van der Waals surface area contributed by atoms with Gasteiger partial charge < -0.3 is 0 Å². The Labute approximate surface area is 100 Å². The molecule has 0 saturated heterocycles. The van der Waals surface area contributed by atoms with E-state index < -0.39 is 0 Å². The maximum atomic E-state index is 11.7. The van der Waals surface area contributed by atoms with Crippen molar-refractivity contribution in [3.8, 4) is 0 Å². The number of allylic oxidation sites excluding steroid dienone is 4. The third-order valence-corrected chi connectivity index (χ3v) is 4.42. The summed E-state index contributed by atoms with van der Waals surface area (Å²) in [5.74, 6) is 0.238. The molecular formula is C13H12O2Se. The molecule has 0 amide bonds. The summed E-state index contributed by atoms with van der Waals surface area (Å²) in [6.45, 7) is 0. The van der Waals surface area contributed by atoms with Crippen LogP contribution in [0.3, 0.4) is 0 Å². The summed E-state index contributed by atoms with van der Waals surface area (Å²) in [5.41, 5.74) is 0.830. The Morgan fingerprint density at radius 1 is 1.25 bits per heavy atom. The third kappa shape index (κ3) is 2.69. The molecular weight excluding hydrogens is 267 g/mol. The molecule has 82 valence electrons. The van der Waals surface area contributed by atoms with Crippen molar-refractivity contribution in [1.29, 1.82) is 0 Å². The van der Waals surface area contributed by atoms with Crippen molar-refractivity contribution in [3.05, 3.63) is 45.3 Å². The summed E-state index contributed by atoms with van der Waals surface area (Å²) < 4.78 is 0.888. The zero-order chi connectivity index (χ0) is 11.4. The van der Waals surface area contributed by atoms with Gasteiger partial charge in [0.1, 0.15) is 0 Å². The Morgan fingerprint density at radius 3 is 2.69 bits per heavy atom. The second-order valence-corrected chi connectivity index (χ2v) is 5.64. The Bertz CT molecular complexity index is 452. The molecule has 0 spiro atoms. The predicted molar refractivity (Wildman–Crippen MR) is 63.8 cm³/mol. The second kappa shape index (κ2) is 5.24. The molecule has 0 aliphatic heterocycles. The van der Waals surface area contributed by atoms with E-state index in [4.69, 9.17) is 0 Å². The van der Waals surface area contributed by atoms with Gasteiger partial charge in [0, 0.05) is 0 Å². The van der Waals surface area contributed by atoms with Gasteiger partial charge >= 0.3 is 100 Å². The maximum absolute atomic E-state index is 11.7. The molecule has 0 fully saturated rings. The summed E-state index contributed by atoms with van der Waals surface area (Å²) >= 11 is 0.189. The molecule has 0 N–H and O–H groups in total. The third-order valence-electron chi connectivity index (χ3n) is 2.50. The number of ketones is 2. The topological polar surface area (TPSA) is 34.1 Å². The first-order valence-electron chi connectivity index (χ1n) is 5.23. The molecule has 1 aromatic rings. The molecule has 1 aliphatic rings. The predicted octanol–water partition coefficient (Wildman–Crippen LogP) is 2.16. The van der Waals surface area contributed by atoms with Crippen LogP contribution in [-0.4, -0.2) is 26.1 Å². The molecule has 1 heterocycles. The Morgan fingerprint density at radius 2 is 2.06 bits per heavy atom. The molecule has 0 atom stereocenters. The Balaban J connectivity index is 1.84. The van der Waals surface area contributed by atoms with Crippen molar-refractivity contribution in [3.63, 3.8) is 0 Å². The van der Waals surface area contributed by atoms with E-state index in [2.05, 4.69) is 0 Å². The number of carbonyl (C=O) groups excluding carboxylic acids is 2. The van der Waals surface area contributed by atoms with Gasteiger partial charge in [-0.05, 0) is 0 Å². The van der Waals surface area contributed by atoms with Crippen molar-refractivity contribution in [2.24, 2.45) is 0 Å². The van der Waals surface area contributed by atoms with Gasteiger partial charge in [-0.1, -0.05) is 0 Å². The van der Waals surface area contributed by atoms with Crippen LogP contribution in [0.5, 0.6) is 0 Å². The van der Waals surface area contributed by atoms with Crippen LogP contribution in [0.15, 0.2) is 40.9 Å². The Hall–Kier alpha value is -1.18. The molecule has 0 unspecified atom stereocenters. The van der Waals surface area contributed by atoms with Crippen LogP contribution in [0.1, 0.15) is 28.5 Å². The van der Waals surface area contributed by atoms with Crippen molar-refractivity contribution in [1.82, 2.24) is 0 Å². The summed E-state index contributed by atoms with van der Waals surface area (Å²) in [6, 6.07) is 3.78. The summed E-state index contributed by atoms with van der Waals surface area (Å²) in [7, 11) is 0. The number of rotatable bonds is 5. The second-order valence-electron chi connectivity index (χ2n) is 3.65. The van der Waals surface area contributed by atoms with Gasteiger partial charge in [-0.25, -0.2) is 0 Å². The molecule has 0 aromatic carbocycles. The van der Waals surface area contributed by atoms with Crippen LogP contribution in [0.2, 0.25) is 0 Å². The number of carbonyl (C=O) groups is 2. The average Bonchev–Trinajstić information content (AvgIpc) is 2.95. The van der Waals surface area contributed by atoms with E-state index in [1.54, 1.807) is 0 Å². The molecule has 3 heteroatoms. The molecule has 0 radical (unpaired) electrons. The zero-order valence-corrected chi connectivity index (χ0v) is 10.5. The molecule has 1 aromatic heterocycles. The number of Topliss-reactive ketones (excluding diaryl/α,β-unsaturated/α-hetero) is 2. The average molecular weight is 279 g/mol.